The number of rotatable bonds is 2. The minimum Gasteiger partial charge on any atom is -0.341 e. The number of hydrogen-bond donors (Lipinski definition) is 0. The Morgan fingerprint density at radius 2 is 1.67 bits per heavy atom. The van der Waals surface area contributed by atoms with E-state index in [0.717, 1.165) is 0 Å². The fraction of sp³-hybridized carbons (Fsp3) is 0.833. The highest BCUT2D eigenvalue weighted by Crippen LogP contribution is 2.26. The summed E-state index contributed by atoms with van der Waals surface area (Å²) in [6.45, 7) is 11.6. The van der Waals surface area contributed by atoms with E-state index in [1.165, 1.54) is 0 Å². The predicted molar refractivity (Wildman–Crippen MR) is 61.1 cm³/mol. The zero-order chi connectivity index (χ0) is 12.4. The Morgan fingerprint density at radius 1 is 1.27 bits per heavy atom. The molecule has 0 saturated carbocycles. The van der Waals surface area contributed by atoms with Gasteiger partial charge in [-0.2, -0.15) is 5.26 Å². The summed E-state index contributed by atoms with van der Waals surface area (Å²) in [4.78, 5) is 13.7. The second kappa shape index (κ2) is 4.22. The van der Waals surface area contributed by atoms with Crippen LogP contribution >= 0.6 is 0 Å². The molecule has 1 atom stereocenters. The quantitative estimate of drug-likeness (QED) is 0.702. The molecule has 0 rings (SSSR count). The molecule has 0 N–H and O–H groups in total. The van der Waals surface area contributed by atoms with E-state index in [2.05, 4.69) is 20.8 Å². The van der Waals surface area contributed by atoms with Crippen molar-refractivity contribution < 1.29 is 4.79 Å². The van der Waals surface area contributed by atoms with Gasteiger partial charge in [0.25, 0.3) is 0 Å². The van der Waals surface area contributed by atoms with E-state index >= 15 is 0 Å². The van der Waals surface area contributed by atoms with Crippen LogP contribution in [0.5, 0.6) is 0 Å². The van der Waals surface area contributed by atoms with E-state index in [0.29, 0.717) is 0 Å². The summed E-state index contributed by atoms with van der Waals surface area (Å²) in [6, 6.07) is 2.15. The fourth-order valence-corrected chi connectivity index (χ4v) is 1.25. The predicted octanol–water partition coefficient (Wildman–Crippen LogP) is 2.43. The van der Waals surface area contributed by atoms with Crippen LogP contribution in [0.15, 0.2) is 0 Å². The number of hydrogen-bond acceptors (Lipinski definition) is 2. The normalized spacial score (nSPS) is 14.3. The molecule has 0 aliphatic heterocycles. The molecule has 0 heterocycles. The summed E-state index contributed by atoms with van der Waals surface area (Å²) in [6.07, 6.45) is 0. The van der Waals surface area contributed by atoms with Crippen LogP contribution in [-0.4, -0.2) is 23.9 Å². The lowest BCUT2D eigenvalue weighted by atomic mass is 9.85. The van der Waals surface area contributed by atoms with Crippen LogP contribution in [0.3, 0.4) is 0 Å². The Kier molecular flexibility index (Phi) is 3.93. The van der Waals surface area contributed by atoms with Gasteiger partial charge < -0.3 is 4.90 Å². The Bertz CT molecular complexity index is 281. The summed E-state index contributed by atoms with van der Waals surface area (Å²) in [5.74, 6) is -0.118. The van der Waals surface area contributed by atoms with Crippen LogP contribution in [0.2, 0.25) is 0 Å². The van der Waals surface area contributed by atoms with Crippen molar-refractivity contribution in [2.24, 2.45) is 10.8 Å². The molecule has 0 aliphatic carbocycles. The molecule has 1 amide bonds. The average Bonchev–Trinajstić information content (AvgIpc) is 2.12. The molecule has 3 nitrogen and oxygen atoms in total. The van der Waals surface area contributed by atoms with Crippen LogP contribution in [0, 0.1) is 22.2 Å². The highest BCUT2D eigenvalue weighted by Gasteiger charge is 2.35. The average molecular weight is 210 g/mol. The monoisotopic (exact) mass is 210 g/mol. The lowest BCUT2D eigenvalue weighted by molar-refractivity contribution is -0.140. The van der Waals surface area contributed by atoms with Crippen LogP contribution < -0.4 is 0 Å². The molecule has 3 heteroatoms. The minimum absolute atomic E-state index is 0.0238. The number of nitrogens with zero attached hydrogens (tertiary/aromatic N) is 2. The third-order valence-electron chi connectivity index (χ3n) is 2.97. The van der Waals surface area contributed by atoms with Crippen molar-refractivity contribution in [3.63, 3.8) is 0 Å². The molecule has 0 aromatic carbocycles. The molecule has 15 heavy (non-hydrogen) atoms. The molecular formula is C12H22N2O. The van der Waals surface area contributed by atoms with E-state index in [4.69, 9.17) is 5.26 Å². The summed E-state index contributed by atoms with van der Waals surface area (Å²) in [7, 11) is 1.76. The van der Waals surface area contributed by atoms with Gasteiger partial charge in [0.2, 0.25) is 5.91 Å². The van der Waals surface area contributed by atoms with Gasteiger partial charge in [0.1, 0.15) is 5.41 Å². The zero-order valence-corrected chi connectivity index (χ0v) is 10.9. The second-order valence-corrected chi connectivity index (χ2v) is 5.69. The highest BCUT2D eigenvalue weighted by molar-refractivity contribution is 5.84. The highest BCUT2D eigenvalue weighted by atomic mass is 16.2. The Labute approximate surface area is 93.1 Å². The maximum Gasteiger partial charge on any atom is 0.242 e. The van der Waals surface area contributed by atoms with E-state index in [9.17, 15) is 4.79 Å². The summed E-state index contributed by atoms with van der Waals surface area (Å²) < 4.78 is 0. The third-order valence-corrected chi connectivity index (χ3v) is 2.97. The topological polar surface area (TPSA) is 44.1 Å². The van der Waals surface area contributed by atoms with Gasteiger partial charge in [-0.15, -0.1) is 0 Å². The fourth-order valence-electron chi connectivity index (χ4n) is 1.25. The van der Waals surface area contributed by atoms with Crippen molar-refractivity contribution in [1.29, 1.82) is 5.26 Å². The van der Waals surface area contributed by atoms with Crippen LogP contribution in [0.25, 0.3) is 0 Å². The second-order valence-electron chi connectivity index (χ2n) is 5.69. The van der Waals surface area contributed by atoms with Crippen LogP contribution in [0.4, 0.5) is 0 Å². The van der Waals surface area contributed by atoms with E-state index < -0.39 is 5.41 Å². The first kappa shape index (κ1) is 14.0. The summed E-state index contributed by atoms with van der Waals surface area (Å²) in [5, 5.41) is 8.90. The molecule has 1 unspecified atom stereocenters. The van der Waals surface area contributed by atoms with E-state index in [1.54, 1.807) is 25.8 Å². The van der Waals surface area contributed by atoms with Crippen molar-refractivity contribution in [2.75, 3.05) is 7.05 Å². The molecule has 0 aliphatic rings. The summed E-state index contributed by atoms with van der Waals surface area (Å²) >= 11 is 0. The lowest BCUT2D eigenvalue weighted by Gasteiger charge is -2.37. The maximum absolute atomic E-state index is 12.0. The molecule has 0 aromatic heterocycles. The molecule has 0 bridgehead atoms. The van der Waals surface area contributed by atoms with Crippen LogP contribution in [0.1, 0.15) is 41.5 Å². The SMILES string of the molecule is CC(N(C)C(=O)C(C)(C)C#N)C(C)(C)C. The van der Waals surface area contributed by atoms with Crippen molar-refractivity contribution in [1.82, 2.24) is 4.90 Å². The Hall–Kier alpha value is -1.04. The van der Waals surface area contributed by atoms with Crippen molar-refractivity contribution in [2.45, 2.75) is 47.6 Å². The Balaban J connectivity index is 4.84. The number of carbonyl (C=O) groups excluding carboxylic acids is 1. The van der Waals surface area contributed by atoms with E-state index in [1.807, 2.05) is 13.0 Å². The molecule has 0 radical (unpaired) electrons. The van der Waals surface area contributed by atoms with Crippen molar-refractivity contribution >= 4 is 5.91 Å². The zero-order valence-electron chi connectivity index (χ0n) is 10.9. The first-order valence-corrected chi connectivity index (χ1v) is 5.22. The maximum atomic E-state index is 12.0. The molecule has 0 saturated heterocycles. The third kappa shape index (κ3) is 3.23. The van der Waals surface area contributed by atoms with Crippen LogP contribution in [-0.2, 0) is 4.79 Å². The minimum atomic E-state index is -0.936. The number of amides is 1. The molecule has 0 fully saturated rings. The molecule has 86 valence electrons. The molecule has 0 spiro atoms. The first-order valence-electron chi connectivity index (χ1n) is 5.22. The Morgan fingerprint density at radius 3 is 1.93 bits per heavy atom. The smallest absolute Gasteiger partial charge is 0.242 e. The largest absolute Gasteiger partial charge is 0.341 e. The van der Waals surface area contributed by atoms with Gasteiger partial charge in [-0.25, -0.2) is 0 Å². The van der Waals surface area contributed by atoms with Crippen molar-refractivity contribution in [3.05, 3.63) is 0 Å². The summed E-state index contributed by atoms with van der Waals surface area (Å²) in [5.41, 5.74) is -0.912. The lowest BCUT2D eigenvalue weighted by Crippen LogP contribution is -2.47. The van der Waals surface area contributed by atoms with E-state index in [-0.39, 0.29) is 17.4 Å². The van der Waals surface area contributed by atoms with Gasteiger partial charge >= 0.3 is 0 Å². The van der Waals surface area contributed by atoms with Gasteiger partial charge in [-0.1, -0.05) is 20.8 Å². The number of carbonyl (C=O) groups is 1. The van der Waals surface area contributed by atoms with Gasteiger partial charge in [0.05, 0.1) is 6.07 Å². The van der Waals surface area contributed by atoms with Crippen molar-refractivity contribution in [3.8, 4) is 6.07 Å². The standard InChI is InChI=1S/C12H22N2O/c1-9(11(2,3)4)14(7)10(15)12(5,6)8-13/h9H,1-7H3. The first-order chi connectivity index (χ1) is 6.54. The van der Waals surface area contributed by atoms with Gasteiger partial charge in [0.15, 0.2) is 0 Å². The van der Waals surface area contributed by atoms with Gasteiger partial charge in [0, 0.05) is 13.1 Å². The number of nitriles is 1. The molecule has 0 aromatic rings. The molecular weight excluding hydrogens is 188 g/mol. The van der Waals surface area contributed by atoms with Gasteiger partial charge in [-0.3, -0.25) is 4.79 Å². The van der Waals surface area contributed by atoms with Gasteiger partial charge in [-0.05, 0) is 26.2 Å².